The molecule has 0 saturated heterocycles. The average molecular weight is 359 g/mol. The Morgan fingerprint density at radius 3 is 1.75 bits per heavy atom. The number of allylic oxidation sites excluding steroid dienone is 1. The molecular formula is C21H39ClO2. The maximum Gasteiger partial charge on any atom is 0.306 e. The largest absolute Gasteiger partial charge is 0.461 e. The second-order valence-corrected chi connectivity index (χ2v) is 7.13. The minimum atomic E-state index is -0.0864. The second-order valence-electron chi connectivity index (χ2n) is 6.86. The van der Waals surface area contributed by atoms with Crippen LogP contribution in [0.3, 0.4) is 0 Å². The zero-order chi connectivity index (χ0) is 17.9. The fourth-order valence-corrected chi connectivity index (χ4v) is 2.80. The Balaban J connectivity index is 3.20. The summed E-state index contributed by atoms with van der Waals surface area (Å²) in [5, 5.41) is 0. The van der Waals surface area contributed by atoms with E-state index in [9.17, 15) is 4.79 Å². The number of hydrogen-bond acceptors (Lipinski definition) is 2. The number of halogens is 1. The molecule has 0 spiro atoms. The molecule has 0 N–H and O–H groups in total. The predicted octanol–water partition coefficient (Wildman–Crippen LogP) is 7.20. The quantitative estimate of drug-likeness (QED) is 0.119. The lowest BCUT2D eigenvalue weighted by Gasteiger charge is -2.04. The van der Waals surface area contributed by atoms with Gasteiger partial charge in [0.25, 0.3) is 0 Å². The van der Waals surface area contributed by atoms with E-state index in [4.69, 9.17) is 16.3 Å². The first-order valence-corrected chi connectivity index (χ1v) is 10.6. The normalized spacial score (nSPS) is 11.7. The Morgan fingerprint density at radius 1 is 0.833 bits per heavy atom. The molecule has 24 heavy (non-hydrogen) atoms. The number of carbonyl (C=O) groups is 1. The van der Waals surface area contributed by atoms with Gasteiger partial charge in [0.15, 0.2) is 0 Å². The third-order valence-corrected chi connectivity index (χ3v) is 4.79. The van der Waals surface area contributed by atoms with Crippen LogP contribution in [0.2, 0.25) is 0 Å². The molecule has 0 aromatic carbocycles. The monoisotopic (exact) mass is 358 g/mol. The van der Waals surface area contributed by atoms with E-state index in [0.717, 1.165) is 18.4 Å². The van der Waals surface area contributed by atoms with Crippen molar-refractivity contribution in [3.63, 3.8) is 0 Å². The van der Waals surface area contributed by atoms with Gasteiger partial charge in [-0.1, -0.05) is 89.5 Å². The number of rotatable bonds is 17. The van der Waals surface area contributed by atoms with Gasteiger partial charge >= 0.3 is 5.97 Å². The summed E-state index contributed by atoms with van der Waals surface area (Å²) < 4.78 is 5.15. The molecule has 0 aromatic rings. The van der Waals surface area contributed by atoms with Gasteiger partial charge in [0, 0.05) is 12.3 Å². The summed E-state index contributed by atoms with van der Waals surface area (Å²) in [7, 11) is 0. The molecule has 0 fully saturated rings. The number of carbonyl (C=O) groups excluding carboxylic acids is 1. The van der Waals surface area contributed by atoms with Gasteiger partial charge in [-0.2, -0.15) is 0 Å². The van der Waals surface area contributed by atoms with E-state index in [0.29, 0.717) is 18.9 Å². The Labute approximate surface area is 155 Å². The summed E-state index contributed by atoms with van der Waals surface area (Å²) in [4.78, 5) is 11.5. The van der Waals surface area contributed by atoms with Crippen molar-refractivity contribution in [2.45, 2.75) is 104 Å². The van der Waals surface area contributed by atoms with E-state index in [1.54, 1.807) is 0 Å². The maximum atomic E-state index is 11.5. The van der Waals surface area contributed by atoms with Crippen LogP contribution in [0.4, 0.5) is 0 Å². The number of ether oxygens (including phenoxy) is 1. The van der Waals surface area contributed by atoms with Gasteiger partial charge in [-0.3, -0.25) is 4.79 Å². The molecular weight excluding hydrogens is 320 g/mol. The second kappa shape index (κ2) is 18.8. The van der Waals surface area contributed by atoms with Gasteiger partial charge in [-0.15, -0.1) is 11.6 Å². The van der Waals surface area contributed by atoms with Gasteiger partial charge < -0.3 is 4.74 Å². The standard InChI is InChI=1S/C21H39ClO2/c1-3-4-5-6-7-8-9-10-11-12-13-14-15-16-21(23)24-18-17-20(2)19-22/h17H,3-16,18-19H2,1-2H3/b20-17+. The van der Waals surface area contributed by atoms with E-state index in [1.165, 1.54) is 70.6 Å². The van der Waals surface area contributed by atoms with E-state index in [2.05, 4.69) is 6.92 Å². The molecule has 0 unspecified atom stereocenters. The van der Waals surface area contributed by atoms with Crippen LogP contribution in [0.25, 0.3) is 0 Å². The zero-order valence-corrected chi connectivity index (χ0v) is 16.8. The molecule has 0 aliphatic carbocycles. The summed E-state index contributed by atoms with van der Waals surface area (Å²) in [6.45, 7) is 4.56. The smallest absolute Gasteiger partial charge is 0.306 e. The Hall–Kier alpha value is -0.500. The highest BCUT2D eigenvalue weighted by Crippen LogP contribution is 2.13. The highest BCUT2D eigenvalue weighted by Gasteiger charge is 2.01. The molecule has 0 bridgehead atoms. The highest BCUT2D eigenvalue weighted by molar-refractivity contribution is 6.19. The molecule has 0 rings (SSSR count). The van der Waals surface area contributed by atoms with Crippen LogP contribution in [0.5, 0.6) is 0 Å². The predicted molar refractivity (Wildman–Crippen MR) is 106 cm³/mol. The molecule has 3 heteroatoms. The van der Waals surface area contributed by atoms with Crippen LogP contribution >= 0.6 is 11.6 Å². The van der Waals surface area contributed by atoms with Crippen molar-refractivity contribution >= 4 is 17.6 Å². The maximum absolute atomic E-state index is 11.5. The van der Waals surface area contributed by atoms with Crippen molar-refractivity contribution in [3.8, 4) is 0 Å². The van der Waals surface area contributed by atoms with Crippen LogP contribution in [0.15, 0.2) is 11.6 Å². The lowest BCUT2D eigenvalue weighted by molar-refractivity contribution is -0.142. The van der Waals surface area contributed by atoms with Gasteiger partial charge in [-0.25, -0.2) is 0 Å². The number of esters is 1. The summed E-state index contributed by atoms with van der Waals surface area (Å²) >= 11 is 5.66. The minimum Gasteiger partial charge on any atom is -0.461 e. The SMILES string of the molecule is CCCCCCCCCCCCCCCC(=O)OC/C=C(\C)CCl. The minimum absolute atomic E-state index is 0.0864. The molecule has 0 saturated carbocycles. The Morgan fingerprint density at radius 2 is 1.29 bits per heavy atom. The number of unbranched alkanes of at least 4 members (excludes halogenated alkanes) is 12. The van der Waals surface area contributed by atoms with Crippen molar-refractivity contribution in [1.29, 1.82) is 0 Å². The van der Waals surface area contributed by atoms with Gasteiger partial charge in [0.1, 0.15) is 6.61 Å². The number of alkyl halides is 1. The van der Waals surface area contributed by atoms with Crippen molar-refractivity contribution in [2.24, 2.45) is 0 Å². The summed E-state index contributed by atoms with van der Waals surface area (Å²) in [6.07, 6.45) is 19.6. The van der Waals surface area contributed by atoms with Crippen molar-refractivity contribution in [3.05, 3.63) is 11.6 Å². The zero-order valence-electron chi connectivity index (χ0n) is 16.1. The van der Waals surface area contributed by atoms with Crippen LogP contribution in [0.1, 0.15) is 104 Å². The third kappa shape index (κ3) is 17.8. The summed E-state index contributed by atoms with van der Waals surface area (Å²) in [5.74, 6) is 0.410. The molecule has 0 amide bonds. The highest BCUT2D eigenvalue weighted by atomic mass is 35.5. The molecule has 2 nitrogen and oxygen atoms in total. The van der Waals surface area contributed by atoms with Crippen molar-refractivity contribution in [1.82, 2.24) is 0 Å². The average Bonchev–Trinajstić information content (AvgIpc) is 2.58. The molecule has 0 aliphatic rings. The summed E-state index contributed by atoms with van der Waals surface area (Å²) in [6, 6.07) is 0. The lowest BCUT2D eigenvalue weighted by Crippen LogP contribution is -2.04. The Bertz CT molecular complexity index is 313. The number of hydrogen-bond donors (Lipinski definition) is 0. The third-order valence-electron chi connectivity index (χ3n) is 4.37. The van der Waals surface area contributed by atoms with E-state index >= 15 is 0 Å². The first kappa shape index (κ1) is 23.5. The lowest BCUT2D eigenvalue weighted by atomic mass is 10.0. The van der Waals surface area contributed by atoms with Gasteiger partial charge in [-0.05, 0) is 19.4 Å². The first-order chi connectivity index (χ1) is 11.7. The summed E-state index contributed by atoms with van der Waals surface area (Å²) in [5.41, 5.74) is 1.05. The van der Waals surface area contributed by atoms with Crippen molar-refractivity contribution in [2.75, 3.05) is 12.5 Å². The van der Waals surface area contributed by atoms with Crippen LogP contribution in [-0.2, 0) is 9.53 Å². The van der Waals surface area contributed by atoms with Crippen LogP contribution < -0.4 is 0 Å². The topological polar surface area (TPSA) is 26.3 Å². The van der Waals surface area contributed by atoms with E-state index in [1.807, 2.05) is 13.0 Å². The fourth-order valence-electron chi connectivity index (χ4n) is 2.69. The fraction of sp³-hybridized carbons (Fsp3) is 0.857. The molecule has 142 valence electrons. The van der Waals surface area contributed by atoms with Crippen molar-refractivity contribution < 1.29 is 9.53 Å². The molecule has 0 radical (unpaired) electrons. The molecule has 0 atom stereocenters. The molecule has 0 heterocycles. The van der Waals surface area contributed by atoms with E-state index in [-0.39, 0.29) is 5.97 Å². The van der Waals surface area contributed by atoms with Gasteiger partial charge in [0.2, 0.25) is 0 Å². The first-order valence-electron chi connectivity index (χ1n) is 10.1. The molecule has 0 aromatic heterocycles. The van der Waals surface area contributed by atoms with Crippen LogP contribution in [0, 0.1) is 0 Å². The van der Waals surface area contributed by atoms with Gasteiger partial charge in [0.05, 0.1) is 0 Å². The Kier molecular flexibility index (Phi) is 18.4. The molecule has 0 aliphatic heterocycles. The van der Waals surface area contributed by atoms with E-state index < -0.39 is 0 Å². The van der Waals surface area contributed by atoms with Crippen LogP contribution in [-0.4, -0.2) is 18.5 Å².